The maximum absolute atomic E-state index is 9.65. The summed E-state index contributed by atoms with van der Waals surface area (Å²) in [5.74, 6) is 4.02. The molecule has 1 saturated carbocycles. The monoisotopic (exact) mass is 280 g/mol. The quantitative estimate of drug-likeness (QED) is 0.791. The lowest BCUT2D eigenvalue weighted by Crippen LogP contribution is -2.21. The van der Waals surface area contributed by atoms with Crippen LogP contribution in [0.4, 0.5) is 0 Å². The number of nitrogens with zero attached hydrogens (tertiary/aromatic N) is 2. The van der Waals surface area contributed by atoms with Gasteiger partial charge < -0.3 is 9.63 Å². The Morgan fingerprint density at radius 1 is 1.30 bits per heavy atom. The summed E-state index contributed by atoms with van der Waals surface area (Å²) < 4.78 is 5.13. The average molecular weight is 280 g/mol. The molecule has 1 aromatic heterocycles. The minimum Gasteiger partial charge on any atom is -0.396 e. The van der Waals surface area contributed by atoms with Crippen LogP contribution in [0, 0.1) is 30.6 Å². The van der Waals surface area contributed by atoms with Gasteiger partial charge in [-0.1, -0.05) is 38.8 Å². The van der Waals surface area contributed by atoms with Crippen molar-refractivity contribution in [1.29, 1.82) is 0 Å². The van der Waals surface area contributed by atoms with Gasteiger partial charge in [-0.3, -0.25) is 0 Å². The van der Waals surface area contributed by atoms with Crippen LogP contribution in [0.1, 0.15) is 64.1 Å². The van der Waals surface area contributed by atoms with E-state index in [2.05, 4.69) is 30.9 Å². The summed E-state index contributed by atoms with van der Waals surface area (Å²) >= 11 is 0. The van der Waals surface area contributed by atoms with Crippen LogP contribution in [-0.4, -0.2) is 21.9 Å². The van der Waals surface area contributed by atoms with E-state index in [1.54, 1.807) is 0 Å². The number of aliphatic hydroxyl groups excluding tert-OH is 1. The van der Waals surface area contributed by atoms with Crippen molar-refractivity contribution in [2.75, 3.05) is 6.61 Å². The zero-order chi connectivity index (χ0) is 14.7. The van der Waals surface area contributed by atoms with E-state index in [4.69, 9.17) is 4.52 Å². The van der Waals surface area contributed by atoms with Crippen molar-refractivity contribution in [3.8, 4) is 0 Å². The van der Waals surface area contributed by atoms with Crippen molar-refractivity contribution in [3.05, 3.63) is 11.7 Å². The third-order valence-electron chi connectivity index (χ3n) is 4.68. The highest BCUT2D eigenvalue weighted by Gasteiger charge is 2.31. The molecule has 0 saturated heterocycles. The Labute approximate surface area is 122 Å². The zero-order valence-electron chi connectivity index (χ0n) is 13.2. The maximum atomic E-state index is 9.65. The van der Waals surface area contributed by atoms with Crippen LogP contribution in [0.5, 0.6) is 0 Å². The summed E-state index contributed by atoms with van der Waals surface area (Å²) in [6.45, 7) is 8.80. The molecule has 3 unspecified atom stereocenters. The van der Waals surface area contributed by atoms with Gasteiger partial charge >= 0.3 is 0 Å². The van der Waals surface area contributed by atoms with Gasteiger partial charge in [0, 0.05) is 19.4 Å². The summed E-state index contributed by atoms with van der Waals surface area (Å²) in [5, 5.41) is 13.7. The normalized spacial score (nSPS) is 20.1. The molecule has 1 heterocycles. The van der Waals surface area contributed by atoms with Gasteiger partial charge in [-0.15, -0.1) is 0 Å². The molecule has 3 atom stereocenters. The second kappa shape index (κ2) is 6.70. The SMILES string of the molecule is Cc1nc(C(CC(C)C(CO)CC2CC2)C(C)C)no1. The molecule has 0 aliphatic heterocycles. The molecular formula is C16H28N2O2. The average Bonchev–Trinajstić information content (AvgIpc) is 3.13. The standard InChI is InChI=1S/C16H28N2O2/c1-10(2)15(16-17-12(4)20-18-16)7-11(3)14(9-19)8-13-5-6-13/h10-11,13-15,19H,5-9H2,1-4H3. The van der Waals surface area contributed by atoms with Crippen molar-refractivity contribution in [2.45, 2.75) is 59.3 Å². The highest BCUT2D eigenvalue weighted by Crippen LogP contribution is 2.40. The number of hydrogen-bond acceptors (Lipinski definition) is 4. The van der Waals surface area contributed by atoms with Crippen molar-refractivity contribution in [2.24, 2.45) is 23.7 Å². The first-order valence-corrected chi connectivity index (χ1v) is 7.92. The van der Waals surface area contributed by atoms with Gasteiger partial charge in [-0.25, -0.2) is 0 Å². The lowest BCUT2D eigenvalue weighted by molar-refractivity contribution is 0.153. The lowest BCUT2D eigenvalue weighted by Gasteiger charge is -2.27. The molecule has 1 N–H and O–H groups in total. The van der Waals surface area contributed by atoms with Crippen LogP contribution in [0.15, 0.2) is 4.52 Å². The molecule has 4 nitrogen and oxygen atoms in total. The van der Waals surface area contributed by atoms with Gasteiger partial charge in [0.1, 0.15) is 0 Å². The lowest BCUT2D eigenvalue weighted by atomic mass is 9.79. The minimum absolute atomic E-state index is 0.299. The predicted molar refractivity (Wildman–Crippen MR) is 78.3 cm³/mol. The van der Waals surface area contributed by atoms with E-state index in [1.807, 2.05) is 6.92 Å². The summed E-state index contributed by atoms with van der Waals surface area (Å²) in [6, 6.07) is 0. The summed E-state index contributed by atoms with van der Waals surface area (Å²) in [4.78, 5) is 4.40. The highest BCUT2D eigenvalue weighted by atomic mass is 16.5. The Hall–Kier alpha value is -0.900. The molecule has 1 aromatic rings. The molecule has 2 rings (SSSR count). The molecule has 0 aromatic carbocycles. The van der Waals surface area contributed by atoms with Crippen LogP contribution in [0.3, 0.4) is 0 Å². The smallest absolute Gasteiger partial charge is 0.223 e. The first kappa shape index (κ1) is 15.5. The fraction of sp³-hybridized carbons (Fsp3) is 0.875. The van der Waals surface area contributed by atoms with Crippen molar-refractivity contribution in [1.82, 2.24) is 10.1 Å². The molecule has 0 radical (unpaired) electrons. The van der Waals surface area contributed by atoms with Gasteiger partial charge in [0.2, 0.25) is 5.89 Å². The van der Waals surface area contributed by atoms with Gasteiger partial charge in [0.05, 0.1) is 0 Å². The van der Waals surface area contributed by atoms with Crippen LogP contribution >= 0.6 is 0 Å². The second-order valence-electron chi connectivity index (χ2n) is 6.86. The minimum atomic E-state index is 0.299. The largest absolute Gasteiger partial charge is 0.396 e. The first-order valence-electron chi connectivity index (χ1n) is 7.92. The van der Waals surface area contributed by atoms with Crippen molar-refractivity contribution >= 4 is 0 Å². The topological polar surface area (TPSA) is 59.2 Å². The van der Waals surface area contributed by atoms with E-state index in [9.17, 15) is 5.11 Å². The summed E-state index contributed by atoms with van der Waals surface area (Å²) in [7, 11) is 0. The first-order chi connectivity index (χ1) is 9.51. The Kier molecular flexibility index (Phi) is 5.19. The fourth-order valence-corrected chi connectivity index (χ4v) is 3.00. The molecule has 0 spiro atoms. The van der Waals surface area contributed by atoms with E-state index >= 15 is 0 Å². The van der Waals surface area contributed by atoms with Gasteiger partial charge in [0.25, 0.3) is 0 Å². The number of rotatable bonds is 8. The molecule has 0 bridgehead atoms. The molecular weight excluding hydrogens is 252 g/mol. The van der Waals surface area contributed by atoms with E-state index in [-0.39, 0.29) is 0 Å². The number of hydrogen-bond donors (Lipinski definition) is 1. The Morgan fingerprint density at radius 2 is 2.00 bits per heavy atom. The van der Waals surface area contributed by atoms with E-state index in [0.29, 0.717) is 36.2 Å². The van der Waals surface area contributed by atoms with E-state index in [1.165, 1.54) is 19.3 Å². The van der Waals surface area contributed by atoms with Crippen molar-refractivity contribution in [3.63, 3.8) is 0 Å². The van der Waals surface area contributed by atoms with Crippen LogP contribution in [0.2, 0.25) is 0 Å². The third kappa shape index (κ3) is 4.05. The third-order valence-corrected chi connectivity index (χ3v) is 4.68. The maximum Gasteiger partial charge on any atom is 0.223 e. The number of aromatic nitrogens is 2. The van der Waals surface area contributed by atoms with Gasteiger partial charge in [-0.05, 0) is 36.5 Å². The number of aliphatic hydroxyl groups is 1. The second-order valence-corrected chi connectivity index (χ2v) is 6.86. The van der Waals surface area contributed by atoms with Crippen LogP contribution < -0.4 is 0 Å². The number of aryl methyl sites for hydroxylation is 1. The van der Waals surface area contributed by atoms with Crippen molar-refractivity contribution < 1.29 is 9.63 Å². The Balaban J connectivity index is 1.99. The zero-order valence-corrected chi connectivity index (χ0v) is 13.2. The van der Waals surface area contributed by atoms with E-state index in [0.717, 1.165) is 18.2 Å². The molecule has 20 heavy (non-hydrogen) atoms. The predicted octanol–water partition coefficient (Wildman–Crippen LogP) is 3.55. The molecule has 1 aliphatic carbocycles. The van der Waals surface area contributed by atoms with E-state index < -0.39 is 0 Å². The summed E-state index contributed by atoms with van der Waals surface area (Å²) in [6.07, 6.45) is 4.89. The van der Waals surface area contributed by atoms with Crippen LogP contribution in [0.25, 0.3) is 0 Å². The van der Waals surface area contributed by atoms with Gasteiger partial charge in [-0.2, -0.15) is 4.98 Å². The summed E-state index contributed by atoms with van der Waals surface area (Å²) in [5.41, 5.74) is 0. The molecule has 114 valence electrons. The van der Waals surface area contributed by atoms with Gasteiger partial charge in [0.15, 0.2) is 5.82 Å². The Bertz CT molecular complexity index is 412. The highest BCUT2D eigenvalue weighted by molar-refractivity contribution is 4.97. The molecule has 1 fully saturated rings. The molecule has 0 amide bonds. The fourth-order valence-electron chi connectivity index (χ4n) is 3.00. The molecule has 4 heteroatoms. The Morgan fingerprint density at radius 3 is 2.45 bits per heavy atom. The molecule has 1 aliphatic rings. The van der Waals surface area contributed by atoms with Crippen LogP contribution in [-0.2, 0) is 0 Å².